The van der Waals surface area contributed by atoms with Crippen LogP contribution in [0.5, 0.6) is 5.75 Å². The number of imidazole rings is 1. The molecule has 2 aromatic heterocycles. The molecule has 5 heteroatoms. The average Bonchev–Trinajstić information content (AvgIpc) is 3.32. The summed E-state index contributed by atoms with van der Waals surface area (Å²) in [5.74, 6) is 1.22. The van der Waals surface area contributed by atoms with E-state index in [0.29, 0.717) is 6.54 Å². The number of methoxy groups -OCH3 is 1. The number of nitrogens with one attached hydrogen (secondary N) is 1. The molecule has 128 valence electrons. The van der Waals surface area contributed by atoms with Crippen LogP contribution >= 0.6 is 0 Å². The predicted molar refractivity (Wildman–Crippen MR) is 95.6 cm³/mol. The number of aromatic nitrogens is 2. The molecule has 1 saturated carbocycles. The number of fused-ring (bicyclic) bond motifs is 1. The van der Waals surface area contributed by atoms with Gasteiger partial charge in [0.15, 0.2) is 0 Å². The van der Waals surface area contributed by atoms with E-state index < -0.39 is 0 Å². The van der Waals surface area contributed by atoms with Crippen molar-refractivity contribution >= 4 is 11.6 Å². The predicted octanol–water partition coefficient (Wildman–Crippen LogP) is 3.07. The van der Waals surface area contributed by atoms with Crippen LogP contribution in [0, 0.1) is 12.8 Å². The molecule has 1 fully saturated rings. The standard InChI is InChI=1S/C20H21N3O2/c1-13-7-8-23-12-14(22-19(23)9-13)11-21-20(24)17-10-16(17)15-5-3-4-6-18(15)25-2/h3-9,12,16-17H,10-11H2,1-2H3,(H,21,24)/t16-,17+/m1/s1. The third-order valence-electron chi connectivity index (χ3n) is 4.77. The van der Waals surface area contributed by atoms with Gasteiger partial charge in [-0.2, -0.15) is 0 Å². The Bertz CT molecular complexity index is 932. The number of benzene rings is 1. The highest BCUT2D eigenvalue weighted by Crippen LogP contribution is 2.50. The fraction of sp³-hybridized carbons (Fsp3) is 0.300. The molecule has 0 aliphatic heterocycles. The number of aryl methyl sites for hydroxylation is 1. The lowest BCUT2D eigenvalue weighted by Gasteiger charge is -2.07. The molecule has 5 nitrogen and oxygen atoms in total. The molecule has 2 heterocycles. The molecule has 0 bridgehead atoms. The van der Waals surface area contributed by atoms with E-state index in [-0.39, 0.29) is 17.7 Å². The van der Waals surface area contributed by atoms with E-state index in [2.05, 4.69) is 10.3 Å². The molecule has 1 N–H and O–H groups in total. The zero-order valence-electron chi connectivity index (χ0n) is 14.4. The molecule has 1 aliphatic rings. The maximum absolute atomic E-state index is 12.4. The van der Waals surface area contributed by atoms with Crippen LogP contribution < -0.4 is 10.1 Å². The van der Waals surface area contributed by atoms with Crippen molar-refractivity contribution in [3.05, 3.63) is 65.6 Å². The van der Waals surface area contributed by atoms with Crippen LogP contribution in [0.25, 0.3) is 5.65 Å². The van der Waals surface area contributed by atoms with Crippen LogP contribution in [0.2, 0.25) is 0 Å². The van der Waals surface area contributed by atoms with Crippen LogP contribution in [-0.4, -0.2) is 22.4 Å². The van der Waals surface area contributed by atoms with Crippen molar-refractivity contribution in [2.24, 2.45) is 5.92 Å². The Hall–Kier alpha value is -2.82. The van der Waals surface area contributed by atoms with Gasteiger partial charge in [-0.25, -0.2) is 4.98 Å². The quantitative estimate of drug-likeness (QED) is 0.779. The molecule has 1 aliphatic carbocycles. The van der Waals surface area contributed by atoms with Gasteiger partial charge in [0.1, 0.15) is 11.4 Å². The largest absolute Gasteiger partial charge is 0.496 e. The minimum atomic E-state index is 0.0237. The van der Waals surface area contributed by atoms with Gasteiger partial charge in [-0.1, -0.05) is 18.2 Å². The SMILES string of the molecule is COc1ccccc1[C@H]1C[C@@H]1C(=O)NCc1cn2ccc(C)cc2n1. The Morgan fingerprint density at radius 2 is 2.20 bits per heavy atom. The van der Waals surface area contributed by atoms with Gasteiger partial charge in [0.2, 0.25) is 5.91 Å². The summed E-state index contributed by atoms with van der Waals surface area (Å²) in [7, 11) is 1.67. The molecule has 0 spiro atoms. The maximum atomic E-state index is 12.4. The number of rotatable bonds is 5. The van der Waals surface area contributed by atoms with Crippen LogP contribution in [-0.2, 0) is 11.3 Å². The Balaban J connectivity index is 1.39. The van der Waals surface area contributed by atoms with Gasteiger partial charge in [-0.05, 0) is 48.6 Å². The second kappa shape index (κ2) is 6.24. The number of ether oxygens (including phenoxy) is 1. The fourth-order valence-electron chi connectivity index (χ4n) is 3.33. The molecular formula is C20H21N3O2. The maximum Gasteiger partial charge on any atom is 0.224 e. The molecule has 0 saturated heterocycles. The number of carbonyl (C=O) groups is 1. The Kier molecular flexibility index (Phi) is 3.92. The van der Waals surface area contributed by atoms with Crippen LogP contribution in [0.3, 0.4) is 0 Å². The lowest BCUT2D eigenvalue weighted by atomic mass is 10.1. The summed E-state index contributed by atoms with van der Waals surface area (Å²) in [6.45, 7) is 2.50. The number of nitrogens with zero attached hydrogens (tertiary/aromatic N) is 2. The summed E-state index contributed by atoms with van der Waals surface area (Å²) >= 11 is 0. The minimum absolute atomic E-state index is 0.0237. The minimum Gasteiger partial charge on any atom is -0.496 e. The van der Waals surface area contributed by atoms with Crippen molar-refractivity contribution in [2.75, 3.05) is 7.11 Å². The highest BCUT2D eigenvalue weighted by molar-refractivity contribution is 5.83. The first kappa shape index (κ1) is 15.7. The van der Waals surface area contributed by atoms with Gasteiger partial charge in [-0.15, -0.1) is 0 Å². The topological polar surface area (TPSA) is 55.6 Å². The van der Waals surface area contributed by atoms with E-state index in [0.717, 1.165) is 29.1 Å². The normalized spacial score (nSPS) is 19.0. The van der Waals surface area contributed by atoms with Gasteiger partial charge in [0.25, 0.3) is 0 Å². The van der Waals surface area contributed by atoms with E-state index in [1.807, 2.05) is 60.1 Å². The van der Waals surface area contributed by atoms with Crippen molar-refractivity contribution in [1.82, 2.24) is 14.7 Å². The number of pyridine rings is 1. The van der Waals surface area contributed by atoms with Crippen LogP contribution in [0.1, 0.15) is 29.2 Å². The lowest BCUT2D eigenvalue weighted by Crippen LogP contribution is -2.25. The summed E-state index contributed by atoms with van der Waals surface area (Å²) in [5, 5.41) is 3.02. The zero-order valence-corrected chi connectivity index (χ0v) is 14.4. The van der Waals surface area contributed by atoms with E-state index in [1.165, 1.54) is 5.56 Å². The third-order valence-corrected chi connectivity index (χ3v) is 4.77. The molecule has 0 radical (unpaired) electrons. The van der Waals surface area contributed by atoms with E-state index in [9.17, 15) is 4.79 Å². The third kappa shape index (κ3) is 3.09. The fourth-order valence-corrected chi connectivity index (χ4v) is 3.33. The van der Waals surface area contributed by atoms with Gasteiger partial charge < -0.3 is 14.5 Å². The first-order valence-electron chi connectivity index (χ1n) is 8.50. The van der Waals surface area contributed by atoms with Gasteiger partial charge in [-0.3, -0.25) is 4.79 Å². The number of hydrogen-bond donors (Lipinski definition) is 1. The van der Waals surface area contributed by atoms with E-state index in [1.54, 1.807) is 7.11 Å². The molecule has 1 amide bonds. The molecule has 25 heavy (non-hydrogen) atoms. The number of hydrogen-bond acceptors (Lipinski definition) is 3. The number of amides is 1. The summed E-state index contributed by atoms with van der Waals surface area (Å²) in [6, 6.07) is 12.0. The number of carbonyl (C=O) groups excluding carboxylic acids is 1. The van der Waals surface area contributed by atoms with Gasteiger partial charge in [0, 0.05) is 18.3 Å². The molecule has 0 unspecified atom stereocenters. The molecule has 4 rings (SSSR count). The van der Waals surface area contributed by atoms with E-state index in [4.69, 9.17) is 4.74 Å². The lowest BCUT2D eigenvalue weighted by molar-refractivity contribution is -0.122. The van der Waals surface area contributed by atoms with Crippen molar-refractivity contribution in [3.63, 3.8) is 0 Å². The summed E-state index contributed by atoms with van der Waals surface area (Å²) in [5.41, 5.74) is 4.07. The van der Waals surface area contributed by atoms with Crippen LogP contribution in [0.15, 0.2) is 48.8 Å². The average molecular weight is 335 g/mol. The van der Waals surface area contributed by atoms with Gasteiger partial charge in [0.05, 0.1) is 19.3 Å². The highest BCUT2D eigenvalue weighted by atomic mass is 16.5. The van der Waals surface area contributed by atoms with Crippen molar-refractivity contribution in [1.29, 1.82) is 0 Å². The molecule has 2 atom stereocenters. The monoisotopic (exact) mass is 335 g/mol. The Morgan fingerprint density at radius 3 is 3.04 bits per heavy atom. The van der Waals surface area contributed by atoms with Crippen molar-refractivity contribution < 1.29 is 9.53 Å². The van der Waals surface area contributed by atoms with Gasteiger partial charge >= 0.3 is 0 Å². The molecule has 3 aromatic rings. The first-order valence-corrected chi connectivity index (χ1v) is 8.50. The second-order valence-corrected chi connectivity index (χ2v) is 6.61. The highest BCUT2D eigenvalue weighted by Gasteiger charge is 2.45. The zero-order chi connectivity index (χ0) is 17.4. The van der Waals surface area contributed by atoms with Crippen molar-refractivity contribution in [2.45, 2.75) is 25.8 Å². The summed E-state index contributed by atoms with van der Waals surface area (Å²) in [6.07, 6.45) is 4.82. The van der Waals surface area contributed by atoms with Crippen LogP contribution in [0.4, 0.5) is 0 Å². The Labute approximate surface area is 146 Å². The molecule has 1 aromatic carbocycles. The Morgan fingerprint density at radius 1 is 1.36 bits per heavy atom. The number of para-hydroxylation sites is 1. The van der Waals surface area contributed by atoms with E-state index >= 15 is 0 Å². The summed E-state index contributed by atoms with van der Waals surface area (Å²) in [4.78, 5) is 17.0. The van der Waals surface area contributed by atoms with Crippen molar-refractivity contribution in [3.8, 4) is 5.75 Å². The first-order chi connectivity index (χ1) is 12.2. The molecular weight excluding hydrogens is 314 g/mol. The summed E-state index contributed by atoms with van der Waals surface area (Å²) < 4.78 is 7.38. The smallest absolute Gasteiger partial charge is 0.224 e. The second-order valence-electron chi connectivity index (χ2n) is 6.61.